The zero-order chi connectivity index (χ0) is 10.0. The standard InChI is InChI=1S/C9H14N2O2/c1-6(2)8(12)7-5-11(3)10-9(7)13-4/h5-6H,1-4H3. The van der Waals surface area contributed by atoms with Crippen molar-refractivity contribution < 1.29 is 9.53 Å². The molecule has 0 N–H and O–H groups in total. The van der Waals surface area contributed by atoms with Crippen LogP contribution in [0, 0.1) is 5.92 Å². The predicted molar refractivity (Wildman–Crippen MR) is 48.9 cm³/mol. The maximum atomic E-state index is 11.6. The molecule has 0 fully saturated rings. The minimum absolute atomic E-state index is 0.0295. The second-order valence-electron chi connectivity index (χ2n) is 3.24. The number of aromatic nitrogens is 2. The van der Waals surface area contributed by atoms with Gasteiger partial charge in [-0.3, -0.25) is 9.48 Å². The lowest BCUT2D eigenvalue weighted by Gasteiger charge is -2.02. The van der Waals surface area contributed by atoms with Crippen molar-refractivity contribution in [2.24, 2.45) is 13.0 Å². The molecule has 13 heavy (non-hydrogen) atoms. The van der Waals surface area contributed by atoms with E-state index in [0.717, 1.165) is 0 Å². The van der Waals surface area contributed by atoms with Gasteiger partial charge in [0.2, 0.25) is 5.88 Å². The highest BCUT2D eigenvalue weighted by molar-refractivity contribution is 5.99. The molecule has 1 rings (SSSR count). The summed E-state index contributed by atoms with van der Waals surface area (Å²) in [6.07, 6.45) is 1.68. The highest BCUT2D eigenvalue weighted by Gasteiger charge is 2.18. The molecular weight excluding hydrogens is 168 g/mol. The number of hydrogen-bond donors (Lipinski definition) is 0. The lowest BCUT2D eigenvalue weighted by atomic mass is 10.0. The van der Waals surface area contributed by atoms with Crippen LogP contribution in [-0.4, -0.2) is 22.7 Å². The first kappa shape index (κ1) is 9.77. The van der Waals surface area contributed by atoms with Crippen LogP contribution in [0.4, 0.5) is 0 Å². The molecule has 4 heteroatoms. The fourth-order valence-electron chi connectivity index (χ4n) is 1.10. The smallest absolute Gasteiger partial charge is 0.243 e. The molecular formula is C9H14N2O2. The van der Waals surface area contributed by atoms with E-state index >= 15 is 0 Å². The highest BCUT2D eigenvalue weighted by atomic mass is 16.5. The zero-order valence-corrected chi connectivity index (χ0v) is 8.37. The number of ketones is 1. The summed E-state index contributed by atoms with van der Waals surface area (Å²) in [6.45, 7) is 3.71. The Labute approximate surface area is 77.5 Å². The Morgan fingerprint density at radius 1 is 1.62 bits per heavy atom. The quantitative estimate of drug-likeness (QED) is 0.661. The van der Waals surface area contributed by atoms with Gasteiger partial charge in [-0.25, -0.2) is 0 Å². The van der Waals surface area contributed by atoms with Gasteiger partial charge in [0, 0.05) is 19.2 Å². The van der Waals surface area contributed by atoms with Crippen LogP contribution in [-0.2, 0) is 7.05 Å². The average molecular weight is 182 g/mol. The van der Waals surface area contributed by atoms with E-state index in [4.69, 9.17) is 4.74 Å². The molecule has 0 aromatic carbocycles. The molecule has 0 amide bonds. The molecule has 0 aliphatic carbocycles. The Balaban J connectivity index is 3.05. The van der Waals surface area contributed by atoms with E-state index in [1.165, 1.54) is 7.11 Å². The fourth-order valence-corrected chi connectivity index (χ4v) is 1.10. The van der Waals surface area contributed by atoms with E-state index in [1.807, 2.05) is 13.8 Å². The summed E-state index contributed by atoms with van der Waals surface area (Å²) in [5, 5.41) is 4.01. The van der Waals surface area contributed by atoms with E-state index in [1.54, 1.807) is 17.9 Å². The molecule has 72 valence electrons. The molecule has 1 aromatic heterocycles. The van der Waals surface area contributed by atoms with Gasteiger partial charge < -0.3 is 4.74 Å². The number of ether oxygens (including phenoxy) is 1. The van der Waals surface area contributed by atoms with E-state index < -0.39 is 0 Å². The minimum atomic E-state index is -0.0295. The van der Waals surface area contributed by atoms with Crippen molar-refractivity contribution >= 4 is 5.78 Å². The van der Waals surface area contributed by atoms with Gasteiger partial charge in [-0.05, 0) is 0 Å². The van der Waals surface area contributed by atoms with Crippen LogP contribution in [0.15, 0.2) is 6.20 Å². The lowest BCUT2D eigenvalue weighted by Crippen LogP contribution is -2.07. The molecule has 0 atom stereocenters. The number of Topliss-reactive ketones (excluding diaryl/α,β-unsaturated/α-hetero) is 1. The summed E-state index contributed by atoms with van der Waals surface area (Å²) in [5.41, 5.74) is 0.556. The van der Waals surface area contributed by atoms with Crippen molar-refractivity contribution in [2.45, 2.75) is 13.8 Å². The van der Waals surface area contributed by atoms with Crippen LogP contribution >= 0.6 is 0 Å². The van der Waals surface area contributed by atoms with Gasteiger partial charge in [0.15, 0.2) is 5.78 Å². The normalized spacial score (nSPS) is 10.5. The van der Waals surface area contributed by atoms with Gasteiger partial charge in [-0.2, -0.15) is 0 Å². The van der Waals surface area contributed by atoms with Crippen LogP contribution in [0.3, 0.4) is 0 Å². The Hall–Kier alpha value is -1.32. The Morgan fingerprint density at radius 3 is 2.69 bits per heavy atom. The van der Waals surface area contributed by atoms with Crippen molar-refractivity contribution in [1.29, 1.82) is 0 Å². The molecule has 0 saturated heterocycles. The number of carbonyl (C=O) groups is 1. The molecule has 0 aliphatic heterocycles. The number of hydrogen-bond acceptors (Lipinski definition) is 3. The zero-order valence-electron chi connectivity index (χ0n) is 8.37. The van der Waals surface area contributed by atoms with Gasteiger partial charge in [-0.1, -0.05) is 13.8 Å². The Morgan fingerprint density at radius 2 is 2.23 bits per heavy atom. The maximum absolute atomic E-state index is 11.6. The molecule has 0 bridgehead atoms. The third kappa shape index (κ3) is 1.88. The van der Waals surface area contributed by atoms with Gasteiger partial charge in [0.05, 0.1) is 12.7 Å². The number of aryl methyl sites for hydroxylation is 1. The summed E-state index contributed by atoms with van der Waals surface area (Å²) in [7, 11) is 3.28. The summed E-state index contributed by atoms with van der Waals surface area (Å²) in [4.78, 5) is 11.6. The molecule has 0 radical (unpaired) electrons. The summed E-state index contributed by atoms with van der Waals surface area (Å²) < 4.78 is 6.56. The molecule has 1 aromatic rings. The summed E-state index contributed by atoms with van der Waals surface area (Å²) >= 11 is 0. The van der Waals surface area contributed by atoms with Gasteiger partial charge >= 0.3 is 0 Å². The van der Waals surface area contributed by atoms with Crippen LogP contribution in [0.1, 0.15) is 24.2 Å². The van der Waals surface area contributed by atoms with Crippen LogP contribution in [0.5, 0.6) is 5.88 Å². The molecule has 0 aliphatic rings. The summed E-state index contributed by atoms with van der Waals surface area (Å²) in [6, 6.07) is 0. The van der Waals surface area contributed by atoms with Crippen LogP contribution in [0.2, 0.25) is 0 Å². The second-order valence-corrected chi connectivity index (χ2v) is 3.24. The van der Waals surface area contributed by atoms with Gasteiger partial charge in [-0.15, -0.1) is 5.10 Å². The lowest BCUT2D eigenvalue weighted by molar-refractivity contribution is 0.0936. The number of methoxy groups -OCH3 is 1. The predicted octanol–water partition coefficient (Wildman–Crippen LogP) is 1.27. The Kier molecular flexibility index (Phi) is 2.70. The SMILES string of the molecule is COc1nn(C)cc1C(=O)C(C)C. The van der Waals surface area contributed by atoms with E-state index in [-0.39, 0.29) is 11.7 Å². The minimum Gasteiger partial charge on any atom is -0.479 e. The number of nitrogens with zero attached hydrogens (tertiary/aromatic N) is 2. The average Bonchev–Trinajstić information content (AvgIpc) is 2.45. The van der Waals surface area contributed by atoms with Crippen molar-refractivity contribution in [2.75, 3.05) is 7.11 Å². The fraction of sp³-hybridized carbons (Fsp3) is 0.556. The van der Waals surface area contributed by atoms with Crippen molar-refractivity contribution in [3.8, 4) is 5.88 Å². The number of rotatable bonds is 3. The first-order valence-corrected chi connectivity index (χ1v) is 4.18. The molecule has 1 heterocycles. The molecule has 0 unspecified atom stereocenters. The summed E-state index contributed by atoms with van der Waals surface area (Å²) in [5.74, 6) is 0.434. The van der Waals surface area contributed by atoms with Crippen molar-refractivity contribution in [1.82, 2.24) is 9.78 Å². The van der Waals surface area contributed by atoms with Gasteiger partial charge in [0.25, 0.3) is 0 Å². The third-order valence-corrected chi connectivity index (χ3v) is 1.78. The molecule has 4 nitrogen and oxygen atoms in total. The van der Waals surface area contributed by atoms with E-state index in [0.29, 0.717) is 11.4 Å². The monoisotopic (exact) mass is 182 g/mol. The Bertz CT molecular complexity index is 315. The van der Waals surface area contributed by atoms with Crippen LogP contribution in [0.25, 0.3) is 0 Å². The van der Waals surface area contributed by atoms with E-state index in [9.17, 15) is 4.79 Å². The first-order chi connectivity index (χ1) is 6.06. The van der Waals surface area contributed by atoms with Crippen molar-refractivity contribution in [3.05, 3.63) is 11.8 Å². The number of carbonyl (C=O) groups excluding carboxylic acids is 1. The topological polar surface area (TPSA) is 44.1 Å². The first-order valence-electron chi connectivity index (χ1n) is 4.18. The third-order valence-electron chi connectivity index (χ3n) is 1.78. The van der Waals surface area contributed by atoms with E-state index in [2.05, 4.69) is 5.10 Å². The highest BCUT2D eigenvalue weighted by Crippen LogP contribution is 2.18. The molecule has 0 spiro atoms. The van der Waals surface area contributed by atoms with Crippen molar-refractivity contribution in [3.63, 3.8) is 0 Å². The van der Waals surface area contributed by atoms with Crippen LogP contribution < -0.4 is 4.74 Å². The largest absolute Gasteiger partial charge is 0.479 e. The second kappa shape index (κ2) is 3.60. The molecule has 0 saturated carbocycles. The van der Waals surface area contributed by atoms with Gasteiger partial charge in [0.1, 0.15) is 0 Å². The maximum Gasteiger partial charge on any atom is 0.243 e.